The van der Waals surface area contributed by atoms with Crippen molar-refractivity contribution >= 4 is 11.6 Å². The minimum atomic E-state index is -0.278. The van der Waals surface area contributed by atoms with Crippen LogP contribution in [0.5, 0.6) is 0 Å². The average Bonchev–Trinajstić information content (AvgIpc) is 2.74. The summed E-state index contributed by atoms with van der Waals surface area (Å²) in [4.78, 5) is 16.0. The van der Waals surface area contributed by atoms with Crippen molar-refractivity contribution in [2.75, 3.05) is 44.2 Å². The van der Waals surface area contributed by atoms with Crippen LogP contribution in [0.3, 0.4) is 0 Å². The van der Waals surface area contributed by atoms with E-state index < -0.39 is 0 Å². The third-order valence-corrected chi connectivity index (χ3v) is 3.59. The highest BCUT2D eigenvalue weighted by atomic mass is 19.1. The molecule has 0 atom stereocenters. The van der Waals surface area contributed by atoms with Gasteiger partial charge in [0.05, 0.1) is 12.2 Å². The second-order valence-electron chi connectivity index (χ2n) is 4.95. The largest absolute Gasteiger partial charge is 0.360 e. The van der Waals surface area contributed by atoms with Crippen molar-refractivity contribution in [3.8, 4) is 0 Å². The molecule has 1 saturated heterocycles. The number of hydrogen-bond acceptors (Lipinski definition) is 3. The summed E-state index contributed by atoms with van der Waals surface area (Å²) in [6, 6.07) is 6.60. The fraction of sp³-hybridized carbons (Fsp3) is 0.533. The van der Waals surface area contributed by atoms with Gasteiger partial charge in [-0.05, 0) is 32.0 Å². The summed E-state index contributed by atoms with van der Waals surface area (Å²) in [6.07, 6.45) is 0.970. The van der Waals surface area contributed by atoms with E-state index in [9.17, 15) is 9.18 Å². The monoisotopic (exact) mass is 279 g/mol. The molecule has 1 aromatic rings. The maximum atomic E-state index is 13.8. The number of amides is 1. The van der Waals surface area contributed by atoms with Crippen LogP contribution in [0.15, 0.2) is 24.3 Å². The number of carbonyl (C=O) groups excluding carboxylic acids is 1. The second kappa shape index (κ2) is 7.24. The van der Waals surface area contributed by atoms with Gasteiger partial charge in [0.1, 0.15) is 5.82 Å². The molecule has 1 aromatic carbocycles. The van der Waals surface area contributed by atoms with E-state index in [1.54, 1.807) is 23.1 Å². The molecule has 5 heteroatoms. The Morgan fingerprint density at radius 2 is 2.15 bits per heavy atom. The zero-order chi connectivity index (χ0) is 14.4. The number of halogens is 1. The quantitative estimate of drug-likeness (QED) is 0.906. The standard InChI is InChI=1S/C15H22FN3O/c1-2-18(14-7-4-3-6-13(14)16)12-15(20)19-10-5-8-17-9-11-19/h3-4,6-7,17H,2,5,8-12H2,1H3. The van der Waals surface area contributed by atoms with Crippen molar-refractivity contribution in [1.82, 2.24) is 10.2 Å². The lowest BCUT2D eigenvalue weighted by Crippen LogP contribution is -2.42. The van der Waals surface area contributed by atoms with Crippen molar-refractivity contribution in [3.05, 3.63) is 30.1 Å². The van der Waals surface area contributed by atoms with Crippen molar-refractivity contribution in [2.24, 2.45) is 0 Å². The fourth-order valence-corrected chi connectivity index (χ4v) is 2.43. The van der Waals surface area contributed by atoms with Crippen LogP contribution in [0.1, 0.15) is 13.3 Å². The third kappa shape index (κ3) is 3.70. The highest BCUT2D eigenvalue weighted by Crippen LogP contribution is 2.18. The number of anilines is 1. The number of likely N-dealkylation sites (N-methyl/N-ethyl adjacent to an activating group) is 1. The van der Waals surface area contributed by atoms with Crippen LogP contribution in [-0.4, -0.2) is 50.1 Å². The third-order valence-electron chi connectivity index (χ3n) is 3.59. The van der Waals surface area contributed by atoms with E-state index in [4.69, 9.17) is 0 Å². The number of rotatable bonds is 4. The predicted molar refractivity (Wildman–Crippen MR) is 78.4 cm³/mol. The number of benzene rings is 1. The summed E-state index contributed by atoms with van der Waals surface area (Å²) in [5, 5.41) is 3.27. The molecule has 1 N–H and O–H groups in total. The SMILES string of the molecule is CCN(CC(=O)N1CCCNCC1)c1ccccc1F. The predicted octanol–water partition coefficient (Wildman–Crippen LogP) is 1.47. The summed E-state index contributed by atoms with van der Waals surface area (Å²) in [6.45, 7) is 6.07. The summed E-state index contributed by atoms with van der Waals surface area (Å²) < 4.78 is 13.8. The molecular weight excluding hydrogens is 257 g/mol. The Hall–Kier alpha value is -1.62. The minimum absolute atomic E-state index is 0.0683. The molecule has 1 fully saturated rings. The van der Waals surface area contributed by atoms with E-state index in [-0.39, 0.29) is 18.3 Å². The van der Waals surface area contributed by atoms with Gasteiger partial charge in [-0.1, -0.05) is 12.1 Å². The number of nitrogens with zero attached hydrogens (tertiary/aromatic N) is 2. The van der Waals surface area contributed by atoms with Gasteiger partial charge in [0.25, 0.3) is 0 Å². The molecule has 4 nitrogen and oxygen atoms in total. The Labute approximate surface area is 119 Å². The highest BCUT2D eigenvalue weighted by molar-refractivity contribution is 5.81. The van der Waals surface area contributed by atoms with Gasteiger partial charge in [-0.15, -0.1) is 0 Å². The molecule has 0 unspecified atom stereocenters. The molecule has 0 spiro atoms. The minimum Gasteiger partial charge on any atom is -0.360 e. The fourth-order valence-electron chi connectivity index (χ4n) is 2.43. The van der Waals surface area contributed by atoms with Gasteiger partial charge in [-0.2, -0.15) is 0 Å². The van der Waals surface area contributed by atoms with E-state index in [1.807, 2.05) is 11.8 Å². The molecule has 20 heavy (non-hydrogen) atoms. The van der Waals surface area contributed by atoms with Crippen molar-refractivity contribution in [1.29, 1.82) is 0 Å². The summed E-state index contributed by atoms with van der Waals surface area (Å²) in [5.41, 5.74) is 0.497. The van der Waals surface area contributed by atoms with Crippen molar-refractivity contribution in [2.45, 2.75) is 13.3 Å². The van der Waals surface area contributed by atoms with E-state index in [2.05, 4.69) is 5.32 Å². The zero-order valence-electron chi connectivity index (χ0n) is 11.9. The van der Waals surface area contributed by atoms with Crippen LogP contribution in [0.4, 0.5) is 10.1 Å². The van der Waals surface area contributed by atoms with E-state index in [0.717, 1.165) is 32.6 Å². The molecule has 1 amide bonds. The Kier molecular flexibility index (Phi) is 5.35. The van der Waals surface area contributed by atoms with Gasteiger partial charge in [0.2, 0.25) is 5.91 Å². The molecule has 1 aliphatic rings. The van der Waals surface area contributed by atoms with Crippen LogP contribution < -0.4 is 10.2 Å². The van der Waals surface area contributed by atoms with Crippen molar-refractivity contribution < 1.29 is 9.18 Å². The average molecular weight is 279 g/mol. The van der Waals surface area contributed by atoms with Crippen LogP contribution >= 0.6 is 0 Å². The van der Waals surface area contributed by atoms with Gasteiger partial charge in [-0.25, -0.2) is 4.39 Å². The van der Waals surface area contributed by atoms with Gasteiger partial charge in [0.15, 0.2) is 0 Å². The smallest absolute Gasteiger partial charge is 0.242 e. The van der Waals surface area contributed by atoms with Crippen LogP contribution in [0.2, 0.25) is 0 Å². The molecule has 0 aliphatic carbocycles. The van der Waals surface area contributed by atoms with Crippen LogP contribution in [0, 0.1) is 5.82 Å². The Balaban J connectivity index is 2.02. The summed E-state index contributed by atoms with van der Waals surface area (Å²) in [7, 11) is 0. The Morgan fingerprint density at radius 1 is 1.35 bits per heavy atom. The highest BCUT2D eigenvalue weighted by Gasteiger charge is 2.19. The number of nitrogens with one attached hydrogen (secondary N) is 1. The van der Waals surface area contributed by atoms with Gasteiger partial charge < -0.3 is 15.1 Å². The van der Waals surface area contributed by atoms with E-state index >= 15 is 0 Å². The molecular formula is C15H22FN3O. The van der Waals surface area contributed by atoms with Gasteiger partial charge >= 0.3 is 0 Å². The zero-order valence-corrected chi connectivity index (χ0v) is 11.9. The van der Waals surface area contributed by atoms with E-state index in [0.29, 0.717) is 12.2 Å². The molecule has 0 radical (unpaired) electrons. The first kappa shape index (κ1) is 14.8. The second-order valence-corrected chi connectivity index (χ2v) is 4.95. The summed E-state index contributed by atoms with van der Waals surface area (Å²) >= 11 is 0. The first-order chi connectivity index (χ1) is 9.72. The van der Waals surface area contributed by atoms with Crippen molar-refractivity contribution in [3.63, 3.8) is 0 Å². The topological polar surface area (TPSA) is 35.6 Å². The van der Waals surface area contributed by atoms with Crippen LogP contribution in [-0.2, 0) is 4.79 Å². The molecule has 0 aromatic heterocycles. The maximum Gasteiger partial charge on any atom is 0.242 e. The molecule has 0 saturated carbocycles. The van der Waals surface area contributed by atoms with E-state index in [1.165, 1.54) is 6.07 Å². The maximum absolute atomic E-state index is 13.8. The first-order valence-corrected chi connectivity index (χ1v) is 7.20. The number of hydrogen-bond donors (Lipinski definition) is 1. The van der Waals surface area contributed by atoms with Crippen LogP contribution in [0.25, 0.3) is 0 Å². The Morgan fingerprint density at radius 3 is 2.90 bits per heavy atom. The number of carbonyl (C=O) groups is 1. The molecule has 1 aliphatic heterocycles. The lowest BCUT2D eigenvalue weighted by atomic mass is 10.2. The molecule has 110 valence electrons. The molecule has 1 heterocycles. The molecule has 0 bridgehead atoms. The Bertz CT molecular complexity index is 444. The molecule has 2 rings (SSSR count). The lowest BCUT2D eigenvalue weighted by Gasteiger charge is -2.27. The number of para-hydroxylation sites is 1. The normalized spacial score (nSPS) is 15.8. The van der Waals surface area contributed by atoms with Gasteiger partial charge in [0, 0.05) is 26.2 Å². The van der Waals surface area contributed by atoms with Gasteiger partial charge in [-0.3, -0.25) is 4.79 Å². The first-order valence-electron chi connectivity index (χ1n) is 7.20. The summed E-state index contributed by atoms with van der Waals surface area (Å²) in [5.74, 6) is -0.210. The lowest BCUT2D eigenvalue weighted by molar-refractivity contribution is -0.129.